The Labute approximate surface area is 119 Å². The standard InChI is InChI=1S/C10H7F5N4O3/c1-2-6-3-18(8(17-6)19(21)22)4-7(20)16-5-9(11,12)10(13,14)15/h1,3H,4-5H2,(H,16,20). The minimum absolute atomic E-state index is 0.194. The third-order valence-corrected chi connectivity index (χ3v) is 2.30. The van der Waals surface area contributed by atoms with Crippen molar-refractivity contribution in [1.82, 2.24) is 14.9 Å². The summed E-state index contributed by atoms with van der Waals surface area (Å²) in [5.74, 6) is -5.30. The van der Waals surface area contributed by atoms with E-state index in [-0.39, 0.29) is 5.69 Å². The minimum atomic E-state index is -5.82. The van der Waals surface area contributed by atoms with E-state index in [0.717, 1.165) is 6.20 Å². The number of hydrogen-bond acceptors (Lipinski definition) is 4. The SMILES string of the molecule is C#Cc1cn(CC(=O)NCC(F)(F)C(F)(F)F)c([N+](=O)[O-])n1. The second-order valence-corrected chi connectivity index (χ2v) is 3.93. The summed E-state index contributed by atoms with van der Waals surface area (Å²) in [5.41, 5.74) is -0.194. The lowest BCUT2D eigenvalue weighted by molar-refractivity contribution is -0.396. The van der Waals surface area contributed by atoms with Crippen LogP contribution in [0.1, 0.15) is 5.69 Å². The summed E-state index contributed by atoms with van der Waals surface area (Å²) in [6, 6.07) is 0. The van der Waals surface area contributed by atoms with E-state index >= 15 is 0 Å². The van der Waals surface area contributed by atoms with Gasteiger partial charge in [0.05, 0.1) is 6.54 Å². The molecule has 0 saturated heterocycles. The van der Waals surface area contributed by atoms with E-state index in [1.807, 2.05) is 5.92 Å². The molecule has 0 saturated carbocycles. The van der Waals surface area contributed by atoms with Crippen molar-refractivity contribution in [3.8, 4) is 12.3 Å². The van der Waals surface area contributed by atoms with Crippen molar-refractivity contribution in [1.29, 1.82) is 0 Å². The number of nitrogens with zero attached hydrogens (tertiary/aromatic N) is 3. The summed E-state index contributed by atoms with van der Waals surface area (Å²) in [6.45, 7) is -2.88. The number of rotatable bonds is 5. The fourth-order valence-electron chi connectivity index (χ4n) is 1.26. The van der Waals surface area contributed by atoms with Gasteiger partial charge in [-0.2, -0.15) is 22.0 Å². The number of carbonyl (C=O) groups is 1. The molecule has 22 heavy (non-hydrogen) atoms. The first-order valence-corrected chi connectivity index (χ1v) is 5.37. The molecular weight excluding hydrogens is 319 g/mol. The van der Waals surface area contributed by atoms with Gasteiger partial charge in [0.15, 0.2) is 6.54 Å². The fraction of sp³-hybridized carbons (Fsp3) is 0.400. The van der Waals surface area contributed by atoms with Crippen LogP contribution in [-0.4, -0.2) is 39.0 Å². The molecule has 1 rings (SSSR count). The van der Waals surface area contributed by atoms with Crippen molar-refractivity contribution in [2.24, 2.45) is 0 Å². The molecule has 0 fully saturated rings. The van der Waals surface area contributed by atoms with E-state index in [9.17, 15) is 36.9 Å². The van der Waals surface area contributed by atoms with Crippen molar-refractivity contribution in [2.45, 2.75) is 18.6 Å². The van der Waals surface area contributed by atoms with E-state index in [2.05, 4.69) is 4.98 Å². The molecular formula is C10H7F5N4O3. The summed E-state index contributed by atoms with van der Waals surface area (Å²) >= 11 is 0. The lowest BCUT2D eigenvalue weighted by atomic mass is 10.3. The molecule has 120 valence electrons. The molecule has 7 nitrogen and oxygen atoms in total. The Kier molecular flexibility index (Phi) is 4.70. The van der Waals surface area contributed by atoms with Crippen LogP contribution in [0.15, 0.2) is 6.20 Å². The quantitative estimate of drug-likeness (QED) is 0.379. The van der Waals surface area contributed by atoms with Gasteiger partial charge in [0, 0.05) is 0 Å². The maximum atomic E-state index is 12.6. The summed E-state index contributed by atoms with van der Waals surface area (Å²) in [4.78, 5) is 24.3. The van der Waals surface area contributed by atoms with Crippen LogP contribution in [0, 0.1) is 22.5 Å². The number of aromatic nitrogens is 2. The number of halogens is 5. The molecule has 0 aromatic carbocycles. The molecule has 0 unspecified atom stereocenters. The summed E-state index contributed by atoms with van der Waals surface area (Å²) in [5, 5.41) is 12.0. The highest BCUT2D eigenvalue weighted by atomic mass is 19.4. The molecule has 0 spiro atoms. The smallest absolute Gasteiger partial charge is 0.390 e. The second kappa shape index (κ2) is 5.96. The van der Waals surface area contributed by atoms with Crippen molar-refractivity contribution in [3.05, 3.63) is 22.0 Å². The number of imidazole rings is 1. The Morgan fingerprint density at radius 1 is 1.45 bits per heavy atom. The number of alkyl halides is 5. The monoisotopic (exact) mass is 326 g/mol. The highest BCUT2D eigenvalue weighted by Gasteiger charge is 2.57. The Balaban J connectivity index is 2.77. The third-order valence-electron chi connectivity index (χ3n) is 2.30. The molecule has 1 aromatic rings. The van der Waals surface area contributed by atoms with E-state index in [1.54, 1.807) is 0 Å². The first kappa shape index (κ1) is 17.3. The van der Waals surface area contributed by atoms with E-state index < -0.39 is 42.0 Å². The van der Waals surface area contributed by atoms with Gasteiger partial charge in [-0.1, -0.05) is 4.98 Å². The van der Waals surface area contributed by atoms with Crippen molar-refractivity contribution < 1.29 is 31.7 Å². The van der Waals surface area contributed by atoms with Gasteiger partial charge < -0.3 is 15.4 Å². The number of carbonyl (C=O) groups excluding carboxylic acids is 1. The molecule has 0 atom stereocenters. The van der Waals surface area contributed by atoms with Gasteiger partial charge in [0.2, 0.25) is 5.69 Å². The average molecular weight is 326 g/mol. The second-order valence-electron chi connectivity index (χ2n) is 3.93. The average Bonchev–Trinajstić information content (AvgIpc) is 2.78. The number of terminal acetylenes is 1. The molecule has 1 N–H and O–H groups in total. The van der Waals surface area contributed by atoms with Crippen molar-refractivity contribution in [3.63, 3.8) is 0 Å². The van der Waals surface area contributed by atoms with Gasteiger partial charge in [-0.15, -0.1) is 6.42 Å². The van der Waals surface area contributed by atoms with E-state index in [1.165, 1.54) is 5.32 Å². The van der Waals surface area contributed by atoms with Gasteiger partial charge >= 0.3 is 18.0 Å². The van der Waals surface area contributed by atoms with Gasteiger partial charge in [-0.25, -0.2) is 4.57 Å². The van der Waals surface area contributed by atoms with Crippen LogP contribution in [0.25, 0.3) is 0 Å². The zero-order valence-electron chi connectivity index (χ0n) is 10.5. The first-order valence-electron chi connectivity index (χ1n) is 5.37. The van der Waals surface area contributed by atoms with Gasteiger partial charge in [-0.3, -0.25) is 4.79 Å². The number of nitro groups is 1. The molecule has 0 aliphatic carbocycles. The number of amides is 1. The van der Waals surface area contributed by atoms with E-state index in [0.29, 0.717) is 4.57 Å². The molecule has 1 heterocycles. The first-order chi connectivity index (χ1) is 9.98. The molecule has 0 bridgehead atoms. The minimum Gasteiger partial charge on any atom is -0.390 e. The fourth-order valence-corrected chi connectivity index (χ4v) is 1.26. The topological polar surface area (TPSA) is 90.1 Å². The lowest BCUT2D eigenvalue weighted by Crippen LogP contribution is -2.47. The summed E-state index contributed by atoms with van der Waals surface area (Å²) in [6.07, 6.45) is 0.0482. The van der Waals surface area contributed by atoms with Crippen molar-refractivity contribution >= 4 is 11.9 Å². The molecule has 1 amide bonds. The predicted octanol–water partition coefficient (Wildman–Crippen LogP) is 1.09. The predicted molar refractivity (Wildman–Crippen MR) is 60.8 cm³/mol. The van der Waals surface area contributed by atoms with Gasteiger partial charge in [0.25, 0.3) is 5.91 Å². The molecule has 12 heteroatoms. The highest BCUT2D eigenvalue weighted by molar-refractivity contribution is 5.76. The molecule has 0 radical (unpaired) electrons. The lowest BCUT2D eigenvalue weighted by Gasteiger charge is -2.19. The Bertz CT molecular complexity index is 631. The Morgan fingerprint density at radius 2 is 2.05 bits per heavy atom. The van der Waals surface area contributed by atoms with E-state index in [4.69, 9.17) is 6.42 Å². The zero-order chi connectivity index (χ0) is 17.1. The zero-order valence-corrected chi connectivity index (χ0v) is 10.5. The largest absolute Gasteiger partial charge is 0.455 e. The van der Waals surface area contributed by atoms with Gasteiger partial charge in [0.1, 0.15) is 6.20 Å². The summed E-state index contributed by atoms with van der Waals surface area (Å²) in [7, 11) is 0. The van der Waals surface area contributed by atoms with Crippen LogP contribution in [-0.2, 0) is 11.3 Å². The maximum Gasteiger partial charge on any atom is 0.455 e. The van der Waals surface area contributed by atoms with Crippen LogP contribution in [0.5, 0.6) is 0 Å². The molecule has 1 aromatic heterocycles. The highest BCUT2D eigenvalue weighted by Crippen LogP contribution is 2.34. The third kappa shape index (κ3) is 3.90. The Hall–Kier alpha value is -2.71. The normalized spacial score (nSPS) is 11.8. The maximum absolute atomic E-state index is 12.6. The summed E-state index contributed by atoms with van der Waals surface area (Å²) < 4.78 is 61.5. The van der Waals surface area contributed by atoms with Crippen LogP contribution >= 0.6 is 0 Å². The molecule has 0 aliphatic rings. The Morgan fingerprint density at radius 3 is 2.50 bits per heavy atom. The van der Waals surface area contributed by atoms with Crippen LogP contribution in [0.2, 0.25) is 0 Å². The van der Waals surface area contributed by atoms with Crippen LogP contribution in [0.3, 0.4) is 0 Å². The van der Waals surface area contributed by atoms with Gasteiger partial charge in [-0.05, 0) is 10.8 Å². The number of nitrogens with one attached hydrogen (secondary N) is 1. The van der Waals surface area contributed by atoms with Crippen LogP contribution in [0.4, 0.5) is 27.9 Å². The molecule has 0 aliphatic heterocycles. The number of hydrogen-bond donors (Lipinski definition) is 1. The van der Waals surface area contributed by atoms with Crippen molar-refractivity contribution in [2.75, 3.05) is 6.54 Å². The van der Waals surface area contributed by atoms with Crippen LogP contribution < -0.4 is 5.32 Å².